The Morgan fingerprint density at radius 2 is 2.05 bits per heavy atom. The van der Waals surface area contributed by atoms with Gasteiger partial charge >= 0.3 is 0 Å². The van der Waals surface area contributed by atoms with Gasteiger partial charge in [0.05, 0.1) is 0 Å². The lowest BCUT2D eigenvalue weighted by Gasteiger charge is -2.07. The van der Waals surface area contributed by atoms with Crippen molar-refractivity contribution in [1.82, 2.24) is 10.2 Å². The Morgan fingerprint density at radius 3 is 2.71 bits per heavy atom. The molecule has 2 rings (SSSR count). The molecule has 3 N–H and O–H groups in total. The van der Waals surface area contributed by atoms with Gasteiger partial charge in [-0.05, 0) is 24.3 Å². The highest BCUT2D eigenvalue weighted by molar-refractivity contribution is 6.29. The van der Waals surface area contributed by atoms with E-state index in [1.165, 1.54) is 12.1 Å². The molecule has 2 aromatic rings. The van der Waals surface area contributed by atoms with Crippen LogP contribution in [0.3, 0.4) is 0 Å². The van der Waals surface area contributed by atoms with Gasteiger partial charge in [-0.2, -0.15) is 0 Å². The standard InChI is InChI=1S/C13H11ClN4O3/c14-11-5-4-10(17-18-11)13(20)16-8-2-1-3-9(6-8)21-7-12(15)19/h1-6H,7H2,(H2,15,19)(H,16,20). The van der Waals surface area contributed by atoms with Crippen molar-refractivity contribution in [3.8, 4) is 5.75 Å². The zero-order valence-corrected chi connectivity index (χ0v) is 11.5. The van der Waals surface area contributed by atoms with Crippen LogP contribution in [0.25, 0.3) is 0 Å². The number of benzene rings is 1. The summed E-state index contributed by atoms with van der Waals surface area (Å²) in [6, 6.07) is 9.46. The molecule has 1 aromatic heterocycles. The first-order valence-corrected chi connectivity index (χ1v) is 6.24. The van der Waals surface area contributed by atoms with Gasteiger partial charge in [-0.15, -0.1) is 10.2 Å². The predicted octanol–water partition coefficient (Wildman–Crippen LogP) is 1.25. The van der Waals surface area contributed by atoms with E-state index >= 15 is 0 Å². The van der Waals surface area contributed by atoms with Crippen molar-refractivity contribution in [3.05, 3.63) is 47.2 Å². The molecule has 0 fully saturated rings. The summed E-state index contributed by atoms with van der Waals surface area (Å²) in [5, 5.41) is 10.1. The normalized spacial score (nSPS) is 9.95. The smallest absolute Gasteiger partial charge is 0.276 e. The molecule has 108 valence electrons. The summed E-state index contributed by atoms with van der Waals surface area (Å²) in [4.78, 5) is 22.6. The summed E-state index contributed by atoms with van der Waals surface area (Å²) in [5.41, 5.74) is 5.60. The van der Waals surface area contributed by atoms with E-state index < -0.39 is 11.8 Å². The highest BCUT2D eigenvalue weighted by Crippen LogP contribution is 2.17. The summed E-state index contributed by atoms with van der Waals surface area (Å²) < 4.78 is 5.14. The van der Waals surface area contributed by atoms with Crippen LogP contribution in [0.2, 0.25) is 5.15 Å². The maximum Gasteiger partial charge on any atom is 0.276 e. The third-order valence-corrected chi connectivity index (χ3v) is 2.54. The Morgan fingerprint density at radius 1 is 1.24 bits per heavy atom. The van der Waals surface area contributed by atoms with Gasteiger partial charge < -0.3 is 15.8 Å². The van der Waals surface area contributed by atoms with Crippen molar-refractivity contribution in [2.45, 2.75) is 0 Å². The van der Waals surface area contributed by atoms with E-state index in [9.17, 15) is 9.59 Å². The minimum Gasteiger partial charge on any atom is -0.484 e. The van der Waals surface area contributed by atoms with Crippen molar-refractivity contribution in [1.29, 1.82) is 0 Å². The summed E-state index contributed by atoms with van der Waals surface area (Å²) in [5.74, 6) is -0.610. The molecular formula is C13H11ClN4O3. The molecule has 7 nitrogen and oxygen atoms in total. The van der Waals surface area contributed by atoms with Gasteiger partial charge in [-0.25, -0.2) is 0 Å². The van der Waals surface area contributed by atoms with E-state index in [0.29, 0.717) is 11.4 Å². The number of hydrogen-bond donors (Lipinski definition) is 2. The maximum atomic E-state index is 11.9. The molecule has 1 aromatic carbocycles. The molecule has 2 amide bonds. The third-order valence-electron chi connectivity index (χ3n) is 2.34. The van der Waals surface area contributed by atoms with E-state index in [4.69, 9.17) is 22.1 Å². The Hall–Kier alpha value is -2.67. The van der Waals surface area contributed by atoms with Gasteiger partial charge in [-0.1, -0.05) is 17.7 Å². The number of rotatable bonds is 5. The maximum absolute atomic E-state index is 11.9. The van der Waals surface area contributed by atoms with Crippen LogP contribution in [0.5, 0.6) is 5.75 Å². The molecule has 0 aliphatic rings. The fourth-order valence-electron chi connectivity index (χ4n) is 1.45. The number of primary amides is 1. The van der Waals surface area contributed by atoms with Gasteiger partial charge in [0.15, 0.2) is 17.5 Å². The second kappa shape index (κ2) is 6.67. The first kappa shape index (κ1) is 14.7. The molecule has 0 unspecified atom stereocenters. The second-order valence-electron chi connectivity index (χ2n) is 3.98. The monoisotopic (exact) mass is 306 g/mol. The number of nitrogens with two attached hydrogens (primary N) is 1. The van der Waals surface area contributed by atoms with Crippen LogP contribution >= 0.6 is 11.6 Å². The molecule has 21 heavy (non-hydrogen) atoms. The predicted molar refractivity (Wildman–Crippen MR) is 76.1 cm³/mol. The molecule has 0 bridgehead atoms. The molecule has 0 aliphatic carbocycles. The Balaban J connectivity index is 2.05. The van der Waals surface area contributed by atoms with Crippen LogP contribution in [0.4, 0.5) is 5.69 Å². The molecular weight excluding hydrogens is 296 g/mol. The summed E-state index contributed by atoms with van der Waals surface area (Å²) >= 11 is 5.60. The molecule has 1 heterocycles. The van der Waals surface area contributed by atoms with Gasteiger partial charge in [0, 0.05) is 11.8 Å². The van der Waals surface area contributed by atoms with Gasteiger partial charge in [0.25, 0.3) is 11.8 Å². The number of hydrogen-bond acceptors (Lipinski definition) is 5. The number of aromatic nitrogens is 2. The van der Waals surface area contributed by atoms with Crippen LogP contribution < -0.4 is 15.8 Å². The van der Waals surface area contributed by atoms with Gasteiger partial charge in [0.1, 0.15) is 5.75 Å². The van der Waals surface area contributed by atoms with Crippen molar-refractivity contribution in [3.63, 3.8) is 0 Å². The highest BCUT2D eigenvalue weighted by Gasteiger charge is 2.09. The lowest BCUT2D eigenvalue weighted by Crippen LogP contribution is -2.20. The van der Waals surface area contributed by atoms with Crippen LogP contribution in [-0.4, -0.2) is 28.6 Å². The van der Waals surface area contributed by atoms with Crippen LogP contribution in [0.15, 0.2) is 36.4 Å². The number of nitrogens with zero attached hydrogens (tertiary/aromatic N) is 2. The highest BCUT2D eigenvalue weighted by atomic mass is 35.5. The lowest BCUT2D eigenvalue weighted by atomic mass is 10.3. The fraction of sp³-hybridized carbons (Fsp3) is 0.0769. The molecule has 0 radical (unpaired) electrons. The zero-order chi connectivity index (χ0) is 15.2. The summed E-state index contributed by atoms with van der Waals surface area (Å²) in [6.45, 7) is -0.236. The molecule has 0 saturated carbocycles. The van der Waals surface area contributed by atoms with E-state index in [2.05, 4.69) is 15.5 Å². The van der Waals surface area contributed by atoms with Gasteiger partial charge in [0.2, 0.25) is 0 Å². The van der Waals surface area contributed by atoms with Crippen LogP contribution in [0.1, 0.15) is 10.5 Å². The first-order valence-electron chi connectivity index (χ1n) is 5.86. The summed E-state index contributed by atoms with van der Waals surface area (Å²) in [7, 11) is 0. The van der Waals surface area contributed by atoms with Crippen LogP contribution in [-0.2, 0) is 4.79 Å². The van der Waals surface area contributed by atoms with Gasteiger partial charge in [-0.3, -0.25) is 9.59 Å². The van der Waals surface area contributed by atoms with E-state index in [1.807, 2.05) is 0 Å². The SMILES string of the molecule is NC(=O)COc1cccc(NC(=O)c2ccc(Cl)nn2)c1. The number of halogens is 1. The fourth-order valence-corrected chi connectivity index (χ4v) is 1.55. The third kappa shape index (κ3) is 4.43. The zero-order valence-electron chi connectivity index (χ0n) is 10.7. The molecule has 0 spiro atoms. The van der Waals surface area contributed by atoms with E-state index in [1.54, 1.807) is 24.3 Å². The molecule has 0 aliphatic heterocycles. The Kier molecular flexibility index (Phi) is 4.68. The van der Waals surface area contributed by atoms with E-state index in [0.717, 1.165) is 0 Å². The van der Waals surface area contributed by atoms with Crippen molar-refractivity contribution in [2.24, 2.45) is 5.73 Å². The van der Waals surface area contributed by atoms with Crippen molar-refractivity contribution >= 4 is 29.1 Å². The molecule has 0 atom stereocenters. The quantitative estimate of drug-likeness (QED) is 0.864. The topological polar surface area (TPSA) is 107 Å². The number of amides is 2. The van der Waals surface area contributed by atoms with Crippen LogP contribution in [0, 0.1) is 0 Å². The second-order valence-corrected chi connectivity index (χ2v) is 4.37. The molecule has 0 saturated heterocycles. The Bertz CT molecular complexity index is 661. The van der Waals surface area contributed by atoms with Crippen molar-refractivity contribution in [2.75, 3.05) is 11.9 Å². The van der Waals surface area contributed by atoms with Crippen molar-refractivity contribution < 1.29 is 14.3 Å². The minimum atomic E-state index is -0.583. The lowest BCUT2D eigenvalue weighted by molar-refractivity contribution is -0.119. The number of carbonyl (C=O) groups is 2. The Labute approximate surface area is 125 Å². The molecule has 8 heteroatoms. The largest absolute Gasteiger partial charge is 0.484 e. The first-order chi connectivity index (χ1) is 10.0. The number of nitrogens with one attached hydrogen (secondary N) is 1. The average molecular weight is 307 g/mol. The number of carbonyl (C=O) groups excluding carboxylic acids is 2. The number of anilines is 1. The summed E-state index contributed by atoms with van der Waals surface area (Å²) in [6.07, 6.45) is 0. The average Bonchev–Trinajstić information content (AvgIpc) is 2.46. The van der Waals surface area contributed by atoms with E-state index in [-0.39, 0.29) is 17.5 Å². The minimum absolute atomic E-state index is 0.128. The number of ether oxygens (including phenoxy) is 1.